The van der Waals surface area contributed by atoms with Crippen molar-refractivity contribution in [2.24, 2.45) is 0 Å². The fraction of sp³-hybridized carbons (Fsp3) is 0.579. The van der Waals surface area contributed by atoms with Crippen LogP contribution in [0, 0.1) is 0 Å². The molecule has 0 saturated carbocycles. The molecule has 146 valence electrons. The third kappa shape index (κ3) is 5.84. The Bertz CT molecular complexity index is 641. The van der Waals surface area contributed by atoms with E-state index in [0.29, 0.717) is 11.3 Å². The number of hydrogen-bond donors (Lipinski definition) is 0. The van der Waals surface area contributed by atoms with Crippen molar-refractivity contribution in [2.45, 2.75) is 65.3 Å². The molecule has 26 heavy (non-hydrogen) atoms. The second kappa shape index (κ2) is 7.80. The Morgan fingerprint density at radius 2 is 1.46 bits per heavy atom. The Kier molecular flexibility index (Phi) is 6.65. The molecule has 0 unspecified atom stereocenters. The highest BCUT2D eigenvalue weighted by Gasteiger charge is 2.42. The quantitative estimate of drug-likeness (QED) is 0.410. The van der Waals surface area contributed by atoms with Crippen LogP contribution in [0.5, 0.6) is 0 Å². The van der Waals surface area contributed by atoms with Crippen molar-refractivity contribution in [3.8, 4) is 0 Å². The minimum Gasteiger partial charge on any atom is -0.465 e. The predicted molar refractivity (Wildman–Crippen MR) is 105 cm³/mol. The van der Waals surface area contributed by atoms with Crippen LogP contribution in [0.4, 0.5) is 10.5 Å². The predicted octanol–water partition coefficient (Wildman–Crippen LogP) is 5.15. The van der Waals surface area contributed by atoms with Gasteiger partial charge in [-0.3, -0.25) is 0 Å². The molecule has 1 aromatic carbocycles. The molecule has 1 amide bonds. The van der Waals surface area contributed by atoms with Crippen LogP contribution < -0.4 is 5.06 Å². The van der Waals surface area contributed by atoms with Gasteiger partial charge >= 0.3 is 12.1 Å². The molecular weight excluding hydrogens is 350 g/mol. The molecule has 0 aromatic heterocycles. The van der Waals surface area contributed by atoms with Gasteiger partial charge in [-0.2, -0.15) is 5.06 Å². The van der Waals surface area contributed by atoms with Crippen molar-refractivity contribution in [1.29, 1.82) is 0 Å². The van der Waals surface area contributed by atoms with E-state index in [0.717, 1.165) is 0 Å². The molecule has 0 aliphatic heterocycles. The van der Waals surface area contributed by atoms with E-state index in [1.807, 2.05) is 13.1 Å². The summed E-state index contributed by atoms with van der Waals surface area (Å²) in [7, 11) is -0.975. The zero-order chi connectivity index (χ0) is 20.3. The van der Waals surface area contributed by atoms with Crippen molar-refractivity contribution in [1.82, 2.24) is 0 Å². The van der Waals surface area contributed by atoms with Gasteiger partial charge in [0.1, 0.15) is 5.60 Å². The highest BCUT2D eigenvalue weighted by Crippen LogP contribution is 2.38. The smallest absolute Gasteiger partial charge is 0.438 e. The zero-order valence-corrected chi connectivity index (χ0v) is 18.3. The summed E-state index contributed by atoms with van der Waals surface area (Å²) in [5.41, 5.74) is 0.238. The Hall–Kier alpha value is -1.86. The molecule has 0 saturated heterocycles. The van der Waals surface area contributed by atoms with E-state index in [2.05, 4.69) is 20.8 Å². The van der Waals surface area contributed by atoms with Crippen LogP contribution in [-0.4, -0.2) is 33.1 Å². The summed E-state index contributed by atoms with van der Waals surface area (Å²) in [4.78, 5) is 24.4. The third-order valence-electron chi connectivity index (χ3n) is 4.21. The molecular formula is C19H31NO5Si. The summed E-state index contributed by atoms with van der Waals surface area (Å²) in [6, 6.07) is 6.47. The molecule has 6 nitrogen and oxygen atoms in total. The molecule has 0 radical (unpaired) electrons. The minimum absolute atomic E-state index is 0.0980. The highest BCUT2D eigenvalue weighted by atomic mass is 28.4. The van der Waals surface area contributed by atoms with Gasteiger partial charge in [-0.15, -0.1) is 0 Å². The lowest BCUT2D eigenvalue weighted by Crippen LogP contribution is -2.50. The number of nitrogens with zero attached hydrogens (tertiary/aromatic N) is 1. The van der Waals surface area contributed by atoms with E-state index in [1.54, 1.807) is 45.0 Å². The first-order valence-corrected chi connectivity index (χ1v) is 11.5. The van der Waals surface area contributed by atoms with Gasteiger partial charge in [0.2, 0.25) is 8.32 Å². The van der Waals surface area contributed by atoms with Crippen LogP contribution in [-0.2, 0) is 14.0 Å². The lowest BCUT2D eigenvalue weighted by atomic mass is 10.2. The molecule has 0 heterocycles. The van der Waals surface area contributed by atoms with Crippen molar-refractivity contribution in [2.75, 3.05) is 12.2 Å². The number of ether oxygens (including phenoxy) is 2. The van der Waals surface area contributed by atoms with Gasteiger partial charge in [0.15, 0.2) is 0 Å². The number of anilines is 1. The molecule has 7 heteroatoms. The molecule has 0 spiro atoms. The van der Waals surface area contributed by atoms with Gasteiger partial charge < -0.3 is 14.0 Å². The molecule has 0 N–H and O–H groups in total. The summed E-state index contributed by atoms with van der Waals surface area (Å²) < 4.78 is 16.4. The Balaban J connectivity index is 3.23. The second-order valence-electron chi connectivity index (χ2n) is 8.66. The van der Waals surface area contributed by atoms with E-state index < -0.39 is 26.0 Å². The van der Waals surface area contributed by atoms with Gasteiger partial charge in [-0.05, 0) is 63.2 Å². The number of esters is 1. The van der Waals surface area contributed by atoms with Crippen LogP contribution in [0.2, 0.25) is 18.1 Å². The number of carbonyl (C=O) groups excluding carboxylic acids is 2. The summed E-state index contributed by atoms with van der Waals surface area (Å²) in [5, 5.41) is 1.10. The molecule has 0 aliphatic rings. The Morgan fingerprint density at radius 3 is 1.85 bits per heavy atom. The maximum absolute atomic E-state index is 12.7. The maximum atomic E-state index is 12.7. The van der Waals surface area contributed by atoms with Gasteiger partial charge in [0.05, 0.1) is 18.4 Å². The number of hydrogen-bond acceptors (Lipinski definition) is 5. The summed E-state index contributed by atoms with van der Waals surface area (Å²) in [5.74, 6) is -0.439. The van der Waals surface area contributed by atoms with Gasteiger partial charge in [-0.1, -0.05) is 20.8 Å². The number of benzene rings is 1. The molecule has 1 rings (SSSR count). The first-order chi connectivity index (χ1) is 11.7. The van der Waals surface area contributed by atoms with Crippen LogP contribution in [0.3, 0.4) is 0 Å². The third-order valence-corrected chi connectivity index (χ3v) is 8.46. The van der Waals surface area contributed by atoms with E-state index in [9.17, 15) is 9.59 Å². The van der Waals surface area contributed by atoms with Gasteiger partial charge in [0, 0.05) is 0 Å². The largest absolute Gasteiger partial charge is 0.465 e. The van der Waals surface area contributed by atoms with Gasteiger partial charge in [0.25, 0.3) is 0 Å². The summed E-state index contributed by atoms with van der Waals surface area (Å²) >= 11 is 0. The van der Waals surface area contributed by atoms with E-state index in [1.165, 1.54) is 12.2 Å². The number of rotatable bonds is 4. The first kappa shape index (κ1) is 22.2. The Labute approximate surface area is 157 Å². The SMILES string of the molecule is COC(=O)c1ccc(N(O[Si](C)(C)C(C)(C)C)C(=O)OC(C)(C)C)cc1. The monoisotopic (exact) mass is 381 g/mol. The second-order valence-corrected chi connectivity index (χ2v) is 13.4. The van der Waals surface area contributed by atoms with Crippen molar-refractivity contribution < 1.29 is 23.6 Å². The summed E-state index contributed by atoms with van der Waals surface area (Å²) in [6.45, 7) is 15.8. The van der Waals surface area contributed by atoms with E-state index >= 15 is 0 Å². The lowest BCUT2D eigenvalue weighted by Gasteiger charge is -2.39. The molecule has 0 bridgehead atoms. The number of hydroxylamine groups is 1. The standard InChI is InChI=1S/C19H31NO5Si/c1-18(2,3)24-17(22)20(25-26(8,9)19(4,5)6)15-12-10-14(11-13-15)16(21)23-7/h10-13H,1-9H3. The zero-order valence-electron chi connectivity index (χ0n) is 17.3. The van der Waals surface area contributed by atoms with Crippen molar-refractivity contribution in [3.05, 3.63) is 29.8 Å². The van der Waals surface area contributed by atoms with Crippen molar-refractivity contribution in [3.63, 3.8) is 0 Å². The molecule has 0 aliphatic carbocycles. The normalized spacial score (nSPS) is 12.5. The molecule has 0 fully saturated rings. The Morgan fingerprint density at radius 1 is 0.962 bits per heavy atom. The summed E-state index contributed by atoms with van der Waals surface area (Å²) in [6.07, 6.45) is -0.590. The maximum Gasteiger partial charge on any atom is 0.438 e. The number of carbonyl (C=O) groups is 2. The average Bonchev–Trinajstić information content (AvgIpc) is 2.49. The minimum atomic E-state index is -2.30. The van der Waals surface area contributed by atoms with Crippen LogP contribution in [0.25, 0.3) is 0 Å². The number of methoxy groups -OCH3 is 1. The number of amides is 1. The molecule has 0 atom stereocenters. The van der Waals surface area contributed by atoms with E-state index in [-0.39, 0.29) is 5.04 Å². The lowest BCUT2D eigenvalue weighted by molar-refractivity contribution is 0.0421. The average molecular weight is 382 g/mol. The fourth-order valence-corrected chi connectivity index (χ4v) is 2.62. The highest BCUT2D eigenvalue weighted by molar-refractivity contribution is 6.74. The topological polar surface area (TPSA) is 65.1 Å². The van der Waals surface area contributed by atoms with Crippen LogP contribution >= 0.6 is 0 Å². The van der Waals surface area contributed by atoms with Crippen molar-refractivity contribution >= 4 is 26.1 Å². The van der Waals surface area contributed by atoms with Crippen LogP contribution in [0.1, 0.15) is 51.9 Å². The van der Waals surface area contributed by atoms with Gasteiger partial charge in [-0.25, -0.2) is 9.59 Å². The molecule has 1 aromatic rings. The van der Waals surface area contributed by atoms with E-state index in [4.69, 9.17) is 14.0 Å². The first-order valence-electron chi connectivity index (χ1n) is 8.58. The van der Waals surface area contributed by atoms with Crippen LogP contribution in [0.15, 0.2) is 24.3 Å². The fourth-order valence-electron chi connectivity index (χ4n) is 1.71.